The number of nitrogen functional groups attached to an aromatic ring is 1. The summed E-state index contributed by atoms with van der Waals surface area (Å²) >= 11 is 6.19. The Labute approximate surface area is 129 Å². The second kappa shape index (κ2) is 6.61. The minimum Gasteiger partial charge on any atom is -0.399 e. The molecule has 4 nitrogen and oxygen atoms in total. The number of hydrogen-bond donors (Lipinski definition) is 2. The lowest BCUT2D eigenvalue weighted by Gasteiger charge is -2.18. The number of carbonyl (C=O) groups is 1. The summed E-state index contributed by atoms with van der Waals surface area (Å²) < 4.78 is 0. The van der Waals surface area contributed by atoms with Crippen molar-refractivity contribution in [2.45, 2.75) is 13.1 Å². The Balaban J connectivity index is 2.06. The van der Waals surface area contributed by atoms with Crippen LogP contribution < -0.4 is 11.5 Å². The number of nitrogens with zero attached hydrogens (tertiary/aromatic N) is 1. The Morgan fingerprint density at radius 2 is 1.95 bits per heavy atom. The molecule has 0 unspecified atom stereocenters. The molecule has 0 fully saturated rings. The SMILES string of the molecule is CN(Cc1cccc(N)c1)Cc1ccc(C(N)=O)cc1Cl. The Kier molecular flexibility index (Phi) is 4.83. The van der Waals surface area contributed by atoms with Gasteiger partial charge in [0.25, 0.3) is 0 Å². The van der Waals surface area contributed by atoms with Crippen LogP contribution in [-0.2, 0) is 13.1 Å². The summed E-state index contributed by atoms with van der Waals surface area (Å²) in [5, 5.41) is 0.547. The highest BCUT2D eigenvalue weighted by Crippen LogP contribution is 2.20. The van der Waals surface area contributed by atoms with Crippen LogP contribution in [0.1, 0.15) is 21.5 Å². The molecule has 1 amide bonds. The molecule has 2 aromatic carbocycles. The minimum atomic E-state index is -0.475. The molecule has 0 heterocycles. The van der Waals surface area contributed by atoms with Gasteiger partial charge in [0, 0.05) is 29.4 Å². The lowest BCUT2D eigenvalue weighted by molar-refractivity contribution is 0.100. The largest absolute Gasteiger partial charge is 0.399 e. The number of rotatable bonds is 5. The van der Waals surface area contributed by atoms with E-state index < -0.39 is 5.91 Å². The topological polar surface area (TPSA) is 72.3 Å². The van der Waals surface area contributed by atoms with Gasteiger partial charge in [0.15, 0.2) is 0 Å². The first-order valence-corrected chi connectivity index (χ1v) is 6.94. The van der Waals surface area contributed by atoms with Crippen molar-refractivity contribution in [3.8, 4) is 0 Å². The highest BCUT2D eigenvalue weighted by molar-refractivity contribution is 6.31. The first kappa shape index (κ1) is 15.4. The number of amides is 1. The molecule has 0 bridgehead atoms. The summed E-state index contributed by atoms with van der Waals surface area (Å²) in [4.78, 5) is 13.2. The quantitative estimate of drug-likeness (QED) is 0.834. The third kappa shape index (κ3) is 4.21. The molecular formula is C16H18ClN3O. The normalized spacial score (nSPS) is 10.8. The fraction of sp³-hybridized carbons (Fsp3) is 0.188. The van der Waals surface area contributed by atoms with Crippen molar-refractivity contribution in [1.82, 2.24) is 4.90 Å². The van der Waals surface area contributed by atoms with E-state index in [0.717, 1.165) is 23.4 Å². The molecule has 0 aliphatic heterocycles. The van der Waals surface area contributed by atoms with E-state index >= 15 is 0 Å². The minimum absolute atomic E-state index is 0.419. The van der Waals surface area contributed by atoms with Gasteiger partial charge in [-0.2, -0.15) is 0 Å². The number of halogens is 1. The second-order valence-electron chi connectivity index (χ2n) is 5.09. The predicted octanol–water partition coefficient (Wildman–Crippen LogP) is 2.65. The van der Waals surface area contributed by atoms with Gasteiger partial charge in [0.2, 0.25) is 5.91 Å². The van der Waals surface area contributed by atoms with Crippen molar-refractivity contribution >= 4 is 23.2 Å². The van der Waals surface area contributed by atoms with Crippen molar-refractivity contribution in [3.05, 3.63) is 64.2 Å². The molecule has 0 aliphatic rings. The summed E-state index contributed by atoms with van der Waals surface area (Å²) in [7, 11) is 2.00. The summed E-state index contributed by atoms with van der Waals surface area (Å²) in [6, 6.07) is 12.9. The van der Waals surface area contributed by atoms with Gasteiger partial charge < -0.3 is 11.5 Å². The number of carbonyl (C=O) groups excluding carboxylic acids is 1. The molecule has 2 aromatic rings. The van der Waals surface area contributed by atoms with Crippen molar-refractivity contribution in [2.24, 2.45) is 5.73 Å². The van der Waals surface area contributed by atoms with Crippen molar-refractivity contribution in [2.75, 3.05) is 12.8 Å². The first-order valence-electron chi connectivity index (χ1n) is 6.57. The summed E-state index contributed by atoms with van der Waals surface area (Å²) in [6.07, 6.45) is 0. The lowest BCUT2D eigenvalue weighted by atomic mass is 10.1. The van der Waals surface area contributed by atoms with E-state index in [1.54, 1.807) is 12.1 Å². The first-order chi connectivity index (χ1) is 9.95. The highest BCUT2D eigenvalue weighted by atomic mass is 35.5. The highest BCUT2D eigenvalue weighted by Gasteiger charge is 2.08. The second-order valence-corrected chi connectivity index (χ2v) is 5.49. The van der Waals surface area contributed by atoms with Gasteiger partial charge in [-0.1, -0.05) is 29.8 Å². The van der Waals surface area contributed by atoms with Crippen molar-refractivity contribution in [3.63, 3.8) is 0 Å². The number of primary amides is 1. The number of hydrogen-bond acceptors (Lipinski definition) is 3. The van der Waals surface area contributed by atoms with Gasteiger partial charge in [-0.15, -0.1) is 0 Å². The molecule has 110 valence electrons. The molecule has 5 heteroatoms. The molecule has 0 saturated carbocycles. The lowest BCUT2D eigenvalue weighted by Crippen LogP contribution is -2.18. The van der Waals surface area contributed by atoms with E-state index in [1.807, 2.05) is 37.4 Å². The molecule has 0 radical (unpaired) electrons. The maximum atomic E-state index is 11.1. The molecule has 0 atom stereocenters. The van der Waals surface area contributed by atoms with Crippen LogP contribution in [-0.4, -0.2) is 17.9 Å². The van der Waals surface area contributed by atoms with Crippen LogP contribution in [0, 0.1) is 0 Å². The smallest absolute Gasteiger partial charge is 0.248 e. The zero-order chi connectivity index (χ0) is 15.4. The van der Waals surface area contributed by atoms with E-state index in [-0.39, 0.29) is 0 Å². The van der Waals surface area contributed by atoms with Gasteiger partial charge >= 0.3 is 0 Å². The zero-order valence-corrected chi connectivity index (χ0v) is 12.6. The van der Waals surface area contributed by atoms with E-state index in [4.69, 9.17) is 23.1 Å². The van der Waals surface area contributed by atoms with Crippen LogP contribution in [0.15, 0.2) is 42.5 Å². The maximum Gasteiger partial charge on any atom is 0.248 e. The van der Waals surface area contributed by atoms with Gasteiger partial charge in [-0.3, -0.25) is 9.69 Å². The van der Waals surface area contributed by atoms with Crippen LogP contribution in [0.4, 0.5) is 5.69 Å². The third-order valence-corrected chi connectivity index (χ3v) is 3.53. The van der Waals surface area contributed by atoms with E-state index in [9.17, 15) is 4.79 Å². The van der Waals surface area contributed by atoms with Crippen LogP contribution in [0.2, 0.25) is 5.02 Å². The average Bonchev–Trinajstić information content (AvgIpc) is 2.40. The molecule has 0 aliphatic carbocycles. The predicted molar refractivity (Wildman–Crippen MR) is 86.0 cm³/mol. The molecule has 0 spiro atoms. The Hall–Kier alpha value is -2.04. The fourth-order valence-corrected chi connectivity index (χ4v) is 2.42. The Bertz CT molecular complexity index is 658. The van der Waals surface area contributed by atoms with Crippen LogP contribution >= 0.6 is 11.6 Å². The molecule has 0 aromatic heterocycles. The van der Waals surface area contributed by atoms with Gasteiger partial charge in [0.1, 0.15) is 0 Å². The molecule has 4 N–H and O–H groups in total. The monoisotopic (exact) mass is 303 g/mol. The molecule has 21 heavy (non-hydrogen) atoms. The van der Waals surface area contributed by atoms with Crippen molar-refractivity contribution in [1.29, 1.82) is 0 Å². The summed E-state index contributed by atoms with van der Waals surface area (Å²) in [5.41, 5.74) is 14.3. The molecule has 0 saturated heterocycles. The van der Waals surface area contributed by atoms with E-state index in [1.165, 1.54) is 0 Å². The van der Waals surface area contributed by atoms with Gasteiger partial charge in [-0.25, -0.2) is 0 Å². The summed E-state index contributed by atoms with van der Waals surface area (Å²) in [5.74, 6) is -0.475. The molecular weight excluding hydrogens is 286 g/mol. The zero-order valence-electron chi connectivity index (χ0n) is 11.8. The average molecular weight is 304 g/mol. The van der Waals surface area contributed by atoms with Crippen LogP contribution in [0.3, 0.4) is 0 Å². The number of anilines is 1. The van der Waals surface area contributed by atoms with Crippen molar-refractivity contribution < 1.29 is 4.79 Å². The standard InChI is InChI=1S/C16H18ClN3O/c1-20(9-11-3-2-4-14(18)7-11)10-13-6-5-12(16(19)21)8-15(13)17/h2-8H,9-10,18H2,1H3,(H2,19,21). The van der Waals surface area contributed by atoms with Gasteiger partial charge in [-0.05, 0) is 42.4 Å². The number of nitrogens with two attached hydrogens (primary N) is 2. The van der Waals surface area contributed by atoms with Crippen LogP contribution in [0.25, 0.3) is 0 Å². The molecule has 2 rings (SSSR count). The van der Waals surface area contributed by atoms with Gasteiger partial charge in [0.05, 0.1) is 0 Å². The maximum absolute atomic E-state index is 11.1. The third-order valence-electron chi connectivity index (χ3n) is 3.18. The van der Waals surface area contributed by atoms with Crippen LogP contribution in [0.5, 0.6) is 0 Å². The summed E-state index contributed by atoms with van der Waals surface area (Å²) in [6.45, 7) is 1.44. The van der Waals surface area contributed by atoms with E-state index in [0.29, 0.717) is 17.1 Å². The Morgan fingerprint density at radius 1 is 1.19 bits per heavy atom. The number of benzene rings is 2. The van der Waals surface area contributed by atoms with E-state index in [2.05, 4.69) is 4.90 Å². The Morgan fingerprint density at radius 3 is 2.57 bits per heavy atom. The fourth-order valence-electron chi connectivity index (χ4n) is 2.18.